The molecule has 0 aromatic heterocycles. The third-order valence-electron chi connectivity index (χ3n) is 6.48. The van der Waals surface area contributed by atoms with Gasteiger partial charge < -0.3 is 10.1 Å². The SMILES string of the molecule is CCCCN(C[C@H]1CC[C@H](CNC(=O)OC(C)(C)C)CC1)S(=O)(=O)c1ccc2ccccc2c1. The van der Waals surface area contributed by atoms with Crippen LogP contribution < -0.4 is 5.32 Å². The first-order valence-electron chi connectivity index (χ1n) is 12.5. The number of nitrogens with zero attached hydrogens (tertiary/aromatic N) is 1. The number of fused-ring (bicyclic) bond motifs is 1. The number of hydrogen-bond donors (Lipinski definition) is 1. The van der Waals surface area contributed by atoms with Gasteiger partial charge in [-0.15, -0.1) is 0 Å². The first kappa shape index (κ1) is 26.5. The van der Waals surface area contributed by atoms with Gasteiger partial charge in [-0.2, -0.15) is 4.31 Å². The largest absolute Gasteiger partial charge is 0.444 e. The fourth-order valence-electron chi connectivity index (χ4n) is 4.57. The highest BCUT2D eigenvalue weighted by atomic mass is 32.2. The van der Waals surface area contributed by atoms with Gasteiger partial charge >= 0.3 is 6.09 Å². The van der Waals surface area contributed by atoms with Gasteiger partial charge in [0.2, 0.25) is 10.0 Å². The molecule has 0 bridgehead atoms. The normalized spacial score (nSPS) is 19.3. The lowest BCUT2D eigenvalue weighted by atomic mass is 9.82. The molecule has 0 aliphatic heterocycles. The lowest BCUT2D eigenvalue weighted by Crippen LogP contribution is -2.39. The van der Waals surface area contributed by atoms with E-state index in [4.69, 9.17) is 4.74 Å². The van der Waals surface area contributed by atoms with Crippen molar-refractivity contribution in [1.29, 1.82) is 0 Å². The Balaban J connectivity index is 1.60. The maximum atomic E-state index is 13.6. The van der Waals surface area contributed by atoms with E-state index in [0.717, 1.165) is 49.3 Å². The van der Waals surface area contributed by atoms with Crippen LogP contribution in [0.25, 0.3) is 10.8 Å². The molecule has 3 rings (SSSR count). The molecule has 188 valence electrons. The number of benzene rings is 2. The molecule has 6 nitrogen and oxygen atoms in total. The highest BCUT2D eigenvalue weighted by molar-refractivity contribution is 7.89. The highest BCUT2D eigenvalue weighted by Crippen LogP contribution is 2.31. The second kappa shape index (κ2) is 11.5. The quantitative estimate of drug-likeness (QED) is 0.472. The van der Waals surface area contributed by atoms with Crippen LogP contribution in [0, 0.1) is 11.8 Å². The molecule has 0 spiro atoms. The van der Waals surface area contributed by atoms with E-state index in [-0.39, 0.29) is 6.09 Å². The van der Waals surface area contributed by atoms with Crippen LogP contribution in [0.5, 0.6) is 0 Å². The summed E-state index contributed by atoms with van der Waals surface area (Å²) in [6.07, 6.45) is 5.33. The molecule has 0 unspecified atom stereocenters. The maximum absolute atomic E-state index is 13.6. The van der Waals surface area contributed by atoms with Crippen molar-refractivity contribution in [2.75, 3.05) is 19.6 Å². The van der Waals surface area contributed by atoms with Gasteiger partial charge in [-0.3, -0.25) is 0 Å². The molecule has 7 heteroatoms. The minimum atomic E-state index is -3.56. The molecule has 1 N–H and O–H groups in total. The van der Waals surface area contributed by atoms with E-state index < -0.39 is 15.6 Å². The Morgan fingerprint density at radius 1 is 1.03 bits per heavy atom. The Kier molecular flexibility index (Phi) is 8.99. The fraction of sp³-hybridized carbons (Fsp3) is 0.593. The molecule has 1 fully saturated rings. The van der Waals surface area contributed by atoms with Crippen molar-refractivity contribution in [3.8, 4) is 0 Å². The Morgan fingerprint density at radius 3 is 2.32 bits per heavy atom. The highest BCUT2D eigenvalue weighted by Gasteiger charge is 2.30. The molecule has 0 atom stereocenters. The monoisotopic (exact) mass is 488 g/mol. The number of carbonyl (C=O) groups is 1. The number of amides is 1. The summed E-state index contributed by atoms with van der Waals surface area (Å²) >= 11 is 0. The number of alkyl carbamates (subject to hydrolysis) is 1. The molecule has 1 amide bonds. The van der Waals surface area contributed by atoms with Crippen LogP contribution in [0.15, 0.2) is 47.4 Å². The van der Waals surface area contributed by atoms with E-state index in [2.05, 4.69) is 12.2 Å². The minimum Gasteiger partial charge on any atom is -0.444 e. The lowest BCUT2D eigenvalue weighted by Gasteiger charge is -2.32. The van der Waals surface area contributed by atoms with Gasteiger partial charge in [-0.25, -0.2) is 13.2 Å². The number of ether oxygens (including phenoxy) is 1. The van der Waals surface area contributed by atoms with Crippen molar-refractivity contribution < 1.29 is 17.9 Å². The van der Waals surface area contributed by atoms with Crippen molar-refractivity contribution in [1.82, 2.24) is 9.62 Å². The van der Waals surface area contributed by atoms with Crippen LogP contribution in [-0.2, 0) is 14.8 Å². The van der Waals surface area contributed by atoms with Crippen LogP contribution in [0.3, 0.4) is 0 Å². The van der Waals surface area contributed by atoms with Gasteiger partial charge in [0, 0.05) is 19.6 Å². The van der Waals surface area contributed by atoms with Gasteiger partial charge in [-0.05, 0) is 87.6 Å². The number of rotatable bonds is 9. The van der Waals surface area contributed by atoms with E-state index >= 15 is 0 Å². The Bertz CT molecular complexity index is 1050. The van der Waals surface area contributed by atoms with Crippen LogP contribution in [-0.4, -0.2) is 44.1 Å². The molecule has 0 heterocycles. The molecule has 0 radical (unpaired) electrons. The second-order valence-corrected chi connectivity index (χ2v) is 12.4. The third kappa shape index (κ3) is 7.44. The summed E-state index contributed by atoms with van der Waals surface area (Å²) in [7, 11) is -3.56. The summed E-state index contributed by atoms with van der Waals surface area (Å²) in [6.45, 7) is 9.36. The molecule has 0 saturated heterocycles. The fourth-order valence-corrected chi connectivity index (χ4v) is 6.16. The number of sulfonamides is 1. The number of unbranched alkanes of at least 4 members (excludes halogenated alkanes) is 1. The number of nitrogens with one attached hydrogen (secondary N) is 1. The standard InChI is InChI=1S/C27H40N2O4S/c1-5-6-17-29(34(31,32)25-16-15-23-9-7-8-10-24(23)18-25)20-22-13-11-21(12-14-22)19-28-26(30)33-27(2,3)4/h7-10,15-16,18,21-22H,5-6,11-14,17,19-20H2,1-4H3,(H,28,30)/t21-,22-. The first-order chi connectivity index (χ1) is 16.1. The molecule has 1 aliphatic carbocycles. The van der Waals surface area contributed by atoms with Crippen molar-refractivity contribution in [2.45, 2.75) is 76.7 Å². The zero-order chi connectivity index (χ0) is 24.8. The van der Waals surface area contributed by atoms with Crippen LogP contribution in [0.2, 0.25) is 0 Å². The molecular weight excluding hydrogens is 448 g/mol. The number of carbonyl (C=O) groups excluding carboxylic acids is 1. The third-order valence-corrected chi connectivity index (χ3v) is 8.34. The summed E-state index contributed by atoms with van der Waals surface area (Å²) in [4.78, 5) is 12.3. The van der Waals surface area contributed by atoms with Gasteiger partial charge in [0.05, 0.1) is 4.90 Å². The van der Waals surface area contributed by atoms with Crippen molar-refractivity contribution in [3.63, 3.8) is 0 Å². The van der Waals surface area contributed by atoms with E-state index in [1.807, 2.05) is 51.1 Å². The Hall–Kier alpha value is -2.12. The molecule has 2 aromatic rings. The van der Waals surface area contributed by atoms with Crippen molar-refractivity contribution in [3.05, 3.63) is 42.5 Å². The molecule has 2 aromatic carbocycles. The van der Waals surface area contributed by atoms with Gasteiger partial charge in [0.15, 0.2) is 0 Å². The summed E-state index contributed by atoms with van der Waals surface area (Å²) in [5, 5.41) is 4.87. The molecular formula is C27H40N2O4S. The van der Waals surface area contributed by atoms with E-state index in [1.54, 1.807) is 16.4 Å². The maximum Gasteiger partial charge on any atom is 0.407 e. The Morgan fingerprint density at radius 2 is 1.68 bits per heavy atom. The summed E-state index contributed by atoms with van der Waals surface area (Å²) in [5.41, 5.74) is -0.500. The molecule has 1 saturated carbocycles. The van der Waals surface area contributed by atoms with Crippen LogP contribution in [0.1, 0.15) is 66.2 Å². The first-order valence-corrected chi connectivity index (χ1v) is 14.0. The number of hydrogen-bond acceptors (Lipinski definition) is 4. The van der Waals surface area contributed by atoms with E-state index in [1.165, 1.54) is 0 Å². The molecule has 34 heavy (non-hydrogen) atoms. The van der Waals surface area contributed by atoms with Gasteiger partial charge in [-0.1, -0.05) is 43.7 Å². The smallest absolute Gasteiger partial charge is 0.407 e. The predicted molar refractivity (Wildman–Crippen MR) is 137 cm³/mol. The minimum absolute atomic E-state index is 0.338. The summed E-state index contributed by atoms with van der Waals surface area (Å²) in [5.74, 6) is 0.745. The van der Waals surface area contributed by atoms with Gasteiger partial charge in [0.1, 0.15) is 5.60 Å². The average Bonchev–Trinajstić information content (AvgIpc) is 2.79. The van der Waals surface area contributed by atoms with Gasteiger partial charge in [0.25, 0.3) is 0 Å². The summed E-state index contributed by atoms with van der Waals surface area (Å²) < 4.78 is 34.2. The van der Waals surface area contributed by atoms with Crippen molar-refractivity contribution in [2.24, 2.45) is 11.8 Å². The topological polar surface area (TPSA) is 75.7 Å². The van der Waals surface area contributed by atoms with E-state index in [0.29, 0.717) is 36.4 Å². The average molecular weight is 489 g/mol. The second-order valence-electron chi connectivity index (χ2n) is 10.5. The Labute approximate surface area is 205 Å². The molecule has 1 aliphatic rings. The van der Waals surface area contributed by atoms with Crippen molar-refractivity contribution >= 4 is 26.9 Å². The van der Waals surface area contributed by atoms with Crippen LogP contribution >= 0.6 is 0 Å². The lowest BCUT2D eigenvalue weighted by molar-refractivity contribution is 0.0512. The zero-order valence-corrected chi connectivity index (χ0v) is 21.9. The summed E-state index contributed by atoms with van der Waals surface area (Å²) in [6, 6.07) is 13.3. The van der Waals surface area contributed by atoms with E-state index in [9.17, 15) is 13.2 Å². The predicted octanol–water partition coefficient (Wildman–Crippen LogP) is 5.96. The van der Waals surface area contributed by atoms with Crippen LogP contribution in [0.4, 0.5) is 4.79 Å². The zero-order valence-electron chi connectivity index (χ0n) is 21.0.